The number of aliphatic hydroxyl groups is 1. The molecule has 2 rings (SSSR count). The van der Waals surface area contributed by atoms with E-state index in [1.807, 2.05) is 5.32 Å². The minimum absolute atomic E-state index is 0.0781. The van der Waals surface area contributed by atoms with Crippen LogP contribution in [0.3, 0.4) is 0 Å². The number of hydrogen-bond donors (Lipinski definition) is 4. The summed E-state index contributed by atoms with van der Waals surface area (Å²) in [5, 5.41) is 16.8. The lowest BCUT2D eigenvalue weighted by Crippen LogP contribution is -2.39. The fraction of sp³-hybridized carbons (Fsp3) is 0.600. The van der Waals surface area contributed by atoms with Gasteiger partial charge >= 0.3 is 0 Å². The number of carbonyl (C=O) groups excluding carboxylic acids is 1. The Hall–Kier alpha value is -1.70. The number of amides is 1. The second-order valence-corrected chi connectivity index (χ2v) is 4.37. The van der Waals surface area contributed by atoms with Gasteiger partial charge in [-0.05, 0) is 12.8 Å². The van der Waals surface area contributed by atoms with Gasteiger partial charge in [-0.25, -0.2) is 8.78 Å². The molecular formula is C10H14F2N4O2. The van der Waals surface area contributed by atoms with E-state index in [1.165, 1.54) is 0 Å². The molecule has 18 heavy (non-hydrogen) atoms. The summed E-state index contributed by atoms with van der Waals surface area (Å²) in [7, 11) is 0. The second kappa shape index (κ2) is 4.52. The first kappa shape index (κ1) is 12.7. The number of aromatic amines is 1. The maximum Gasteiger partial charge on any atom is 0.287 e. The van der Waals surface area contributed by atoms with Crippen LogP contribution in [0.15, 0.2) is 0 Å². The Labute approximate surface area is 102 Å². The van der Waals surface area contributed by atoms with E-state index in [9.17, 15) is 13.6 Å². The Morgan fingerprint density at radius 3 is 2.83 bits per heavy atom. The number of nitrogen functional groups attached to an aromatic ring is 1. The number of anilines is 1. The molecular weight excluding hydrogens is 246 g/mol. The zero-order chi connectivity index (χ0) is 13.3. The normalized spacial score (nSPS) is 15.7. The highest BCUT2D eigenvalue weighted by Crippen LogP contribution is 2.42. The van der Waals surface area contributed by atoms with Gasteiger partial charge in [-0.1, -0.05) is 0 Å². The highest BCUT2D eigenvalue weighted by molar-refractivity contribution is 5.97. The Kier molecular flexibility index (Phi) is 3.20. The van der Waals surface area contributed by atoms with Gasteiger partial charge in [0.15, 0.2) is 5.69 Å². The monoisotopic (exact) mass is 260 g/mol. The van der Waals surface area contributed by atoms with Crippen molar-refractivity contribution in [2.75, 3.05) is 18.9 Å². The maximum absolute atomic E-state index is 12.7. The largest absolute Gasteiger partial charge is 0.395 e. The second-order valence-electron chi connectivity index (χ2n) is 4.37. The molecule has 0 bridgehead atoms. The third-order valence-corrected chi connectivity index (χ3v) is 2.77. The van der Waals surface area contributed by atoms with Crippen LogP contribution in [0.5, 0.6) is 0 Å². The number of alkyl halides is 2. The molecule has 1 saturated carbocycles. The highest BCUT2D eigenvalue weighted by Gasteiger charge is 2.32. The van der Waals surface area contributed by atoms with Crippen molar-refractivity contribution in [2.24, 2.45) is 0 Å². The number of rotatable bonds is 5. The quantitative estimate of drug-likeness (QED) is 0.608. The molecule has 0 radical (unpaired) electrons. The van der Waals surface area contributed by atoms with Gasteiger partial charge in [-0.2, -0.15) is 5.10 Å². The first-order valence-corrected chi connectivity index (χ1v) is 5.55. The molecule has 1 aliphatic rings. The molecule has 1 aromatic rings. The molecule has 0 aliphatic heterocycles. The minimum Gasteiger partial charge on any atom is -0.395 e. The summed E-state index contributed by atoms with van der Waals surface area (Å²) in [5.41, 5.74) is 6.55. The van der Waals surface area contributed by atoms with Crippen molar-refractivity contribution >= 4 is 11.6 Å². The van der Waals surface area contributed by atoms with E-state index < -0.39 is 25.0 Å². The Morgan fingerprint density at radius 1 is 1.61 bits per heavy atom. The van der Waals surface area contributed by atoms with E-state index in [4.69, 9.17) is 10.8 Å². The molecule has 1 aliphatic carbocycles. The van der Waals surface area contributed by atoms with E-state index in [0.717, 1.165) is 12.8 Å². The fourth-order valence-corrected chi connectivity index (χ4v) is 1.57. The SMILES string of the molecule is Nc1c(C(=O)NCC(F)(F)CO)n[nH]c1C1CC1. The van der Waals surface area contributed by atoms with Crippen LogP contribution in [0.4, 0.5) is 14.5 Å². The van der Waals surface area contributed by atoms with Gasteiger partial charge in [0.1, 0.15) is 6.61 Å². The summed E-state index contributed by atoms with van der Waals surface area (Å²) in [5.74, 6) is -3.83. The van der Waals surface area contributed by atoms with Crippen molar-refractivity contribution in [2.45, 2.75) is 24.7 Å². The summed E-state index contributed by atoms with van der Waals surface area (Å²) < 4.78 is 25.5. The van der Waals surface area contributed by atoms with Crippen molar-refractivity contribution in [1.82, 2.24) is 15.5 Å². The van der Waals surface area contributed by atoms with E-state index in [-0.39, 0.29) is 17.3 Å². The molecule has 6 nitrogen and oxygen atoms in total. The molecule has 0 unspecified atom stereocenters. The highest BCUT2D eigenvalue weighted by atomic mass is 19.3. The van der Waals surface area contributed by atoms with E-state index >= 15 is 0 Å². The molecule has 0 spiro atoms. The molecule has 1 amide bonds. The number of nitrogens with zero attached hydrogens (tertiary/aromatic N) is 1. The molecule has 0 saturated heterocycles. The van der Waals surface area contributed by atoms with Gasteiger partial charge in [-0.3, -0.25) is 9.89 Å². The van der Waals surface area contributed by atoms with Gasteiger partial charge in [0, 0.05) is 5.92 Å². The summed E-state index contributed by atoms with van der Waals surface area (Å²) in [6, 6.07) is 0. The molecule has 1 fully saturated rings. The molecule has 100 valence electrons. The van der Waals surface area contributed by atoms with Crippen LogP contribution in [-0.2, 0) is 0 Å². The summed E-state index contributed by atoms with van der Waals surface area (Å²) in [6.45, 7) is -2.27. The van der Waals surface area contributed by atoms with Crippen molar-refractivity contribution in [3.8, 4) is 0 Å². The average Bonchev–Trinajstić information content (AvgIpc) is 3.10. The van der Waals surface area contributed by atoms with Crippen molar-refractivity contribution in [3.05, 3.63) is 11.4 Å². The van der Waals surface area contributed by atoms with Crippen LogP contribution >= 0.6 is 0 Å². The Morgan fingerprint density at radius 2 is 2.28 bits per heavy atom. The average molecular weight is 260 g/mol. The third-order valence-electron chi connectivity index (χ3n) is 2.77. The molecule has 1 aromatic heterocycles. The summed E-state index contributed by atoms with van der Waals surface area (Å²) in [4.78, 5) is 11.6. The number of H-pyrrole nitrogens is 1. The third kappa shape index (κ3) is 2.58. The predicted octanol–water partition coefficient (Wildman–Crippen LogP) is 0.227. The lowest BCUT2D eigenvalue weighted by atomic mass is 10.2. The zero-order valence-corrected chi connectivity index (χ0v) is 9.54. The first-order valence-electron chi connectivity index (χ1n) is 5.55. The van der Waals surface area contributed by atoms with Crippen LogP contribution < -0.4 is 11.1 Å². The number of nitrogens with one attached hydrogen (secondary N) is 2. The van der Waals surface area contributed by atoms with Gasteiger partial charge < -0.3 is 16.2 Å². The maximum atomic E-state index is 12.7. The van der Waals surface area contributed by atoms with E-state index in [2.05, 4.69) is 10.2 Å². The number of aromatic nitrogens is 2. The lowest BCUT2D eigenvalue weighted by molar-refractivity contribution is -0.0462. The number of halogens is 2. The van der Waals surface area contributed by atoms with Crippen molar-refractivity contribution < 1.29 is 18.7 Å². The number of hydrogen-bond acceptors (Lipinski definition) is 4. The summed E-state index contributed by atoms with van der Waals surface area (Å²) >= 11 is 0. The van der Waals surface area contributed by atoms with Crippen LogP contribution in [0.25, 0.3) is 0 Å². The van der Waals surface area contributed by atoms with Gasteiger partial charge in [-0.15, -0.1) is 0 Å². The van der Waals surface area contributed by atoms with Crippen molar-refractivity contribution in [1.29, 1.82) is 0 Å². The number of aliphatic hydroxyl groups excluding tert-OH is 1. The smallest absolute Gasteiger partial charge is 0.287 e. The molecule has 0 atom stereocenters. The predicted molar refractivity (Wildman–Crippen MR) is 59.3 cm³/mol. The van der Waals surface area contributed by atoms with Crippen molar-refractivity contribution in [3.63, 3.8) is 0 Å². The molecule has 1 heterocycles. The van der Waals surface area contributed by atoms with Crippen LogP contribution in [0.1, 0.15) is 34.9 Å². The van der Waals surface area contributed by atoms with Crippen LogP contribution in [-0.4, -0.2) is 40.3 Å². The Bertz CT molecular complexity index is 457. The molecule has 0 aromatic carbocycles. The first-order chi connectivity index (χ1) is 8.44. The van der Waals surface area contributed by atoms with Crippen LogP contribution in [0, 0.1) is 0 Å². The number of nitrogens with two attached hydrogens (primary N) is 1. The van der Waals surface area contributed by atoms with Crippen LogP contribution in [0.2, 0.25) is 0 Å². The van der Waals surface area contributed by atoms with Gasteiger partial charge in [0.05, 0.1) is 17.9 Å². The van der Waals surface area contributed by atoms with E-state index in [1.54, 1.807) is 0 Å². The standard InChI is InChI=1S/C10H14F2N4O2/c11-10(12,4-17)3-14-9(18)8-6(13)7(15-16-8)5-1-2-5/h5,17H,1-4,13H2,(H,14,18)(H,15,16). The molecule has 8 heteroatoms. The van der Waals surface area contributed by atoms with Gasteiger partial charge in [0.2, 0.25) is 0 Å². The minimum atomic E-state index is -3.35. The van der Waals surface area contributed by atoms with Gasteiger partial charge in [0.25, 0.3) is 11.8 Å². The topological polar surface area (TPSA) is 104 Å². The molecule has 5 N–H and O–H groups in total. The lowest BCUT2D eigenvalue weighted by Gasteiger charge is -2.13. The number of carbonyl (C=O) groups is 1. The summed E-state index contributed by atoms with van der Waals surface area (Å²) in [6.07, 6.45) is 1.96. The van der Waals surface area contributed by atoms with E-state index in [0.29, 0.717) is 5.69 Å². The Balaban J connectivity index is 2.01. The fourth-order valence-electron chi connectivity index (χ4n) is 1.57. The zero-order valence-electron chi connectivity index (χ0n) is 9.54.